The number of pyridine rings is 1. The van der Waals surface area contributed by atoms with Gasteiger partial charge in [-0.1, -0.05) is 24.4 Å². The molecule has 0 spiro atoms. The Bertz CT molecular complexity index is 286. The summed E-state index contributed by atoms with van der Waals surface area (Å²) in [6.07, 6.45) is 5.54. The average Bonchev–Trinajstić information content (AvgIpc) is 2.92. The quantitative estimate of drug-likeness (QED) is 0.693. The largest absolute Gasteiger partial charge is 0.490 e. The van der Waals surface area contributed by atoms with Gasteiger partial charge < -0.3 is 4.74 Å². The molecule has 1 heterocycles. The van der Waals surface area contributed by atoms with Crippen LogP contribution in [0.15, 0.2) is 18.3 Å². The molecule has 1 fully saturated rings. The lowest BCUT2D eigenvalue weighted by Crippen LogP contribution is -1.98. The molecular formula is C10H12ClNO. The van der Waals surface area contributed by atoms with Gasteiger partial charge in [-0.15, -0.1) is 0 Å². The van der Waals surface area contributed by atoms with Gasteiger partial charge in [0.05, 0.1) is 6.61 Å². The van der Waals surface area contributed by atoms with Gasteiger partial charge in [0.25, 0.3) is 0 Å². The number of halogens is 1. The normalized spacial score (nSPS) is 15.8. The molecule has 1 aromatic rings. The van der Waals surface area contributed by atoms with E-state index < -0.39 is 0 Å². The van der Waals surface area contributed by atoms with E-state index in [1.165, 1.54) is 12.8 Å². The fourth-order valence-electron chi connectivity index (χ4n) is 1.22. The lowest BCUT2D eigenvalue weighted by Gasteiger charge is -2.05. The SMILES string of the molecule is Clc1ncccc1OCCC1CC1. The minimum atomic E-state index is 0.457. The summed E-state index contributed by atoms with van der Waals surface area (Å²) in [6, 6.07) is 3.68. The van der Waals surface area contributed by atoms with E-state index >= 15 is 0 Å². The van der Waals surface area contributed by atoms with Crippen molar-refractivity contribution in [3.8, 4) is 5.75 Å². The minimum Gasteiger partial charge on any atom is -0.490 e. The molecule has 0 aromatic carbocycles. The van der Waals surface area contributed by atoms with Crippen molar-refractivity contribution < 1.29 is 4.74 Å². The molecule has 70 valence electrons. The van der Waals surface area contributed by atoms with Crippen LogP contribution in [0, 0.1) is 5.92 Å². The summed E-state index contributed by atoms with van der Waals surface area (Å²) in [5.41, 5.74) is 0. The maximum absolute atomic E-state index is 5.82. The number of aromatic nitrogens is 1. The van der Waals surface area contributed by atoms with Gasteiger partial charge in [0, 0.05) is 6.20 Å². The van der Waals surface area contributed by atoms with Gasteiger partial charge in [-0.05, 0) is 24.5 Å². The van der Waals surface area contributed by atoms with E-state index in [4.69, 9.17) is 16.3 Å². The first-order valence-corrected chi connectivity index (χ1v) is 4.97. The smallest absolute Gasteiger partial charge is 0.171 e. The molecule has 0 N–H and O–H groups in total. The summed E-state index contributed by atoms with van der Waals surface area (Å²) in [7, 11) is 0. The number of hydrogen-bond donors (Lipinski definition) is 0. The Labute approximate surface area is 82.9 Å². The first-order chi connectivity index (χ1) is 6.36. The first kappa shape index (κ1) is 8.82. The van der Waals surface area contributed by atoms with Crippen LogP contribution in [0.5, 0.6) is 5.75 Å². The Morgan fingerprint density at radius 3 is 3.08 bits per heavy atom. The van der Waals surface area contributed by atoms with Crippen LogP contribution in [0.4, 0.5) is 0 Å². The Hall–Kier alpha value is -0.760. The molecular weight excluding hydrogens is 186 g/mol. The van der Waals surface area contributed by atoms with E-state index in [2.05, 4.69) is 4.98 Å². The van der Waals surface area contributed by atoms with Gasteiger partial charge >= 0.3 is 0 Å². The van der Waals surface area contributed by atoms with Crippen LogP contribution in [0.2, 0.25) is 5.15 Å². The molecule has 0 amide bonds. The predicted molar refractivity (Wildman–Crippen MR) is 52.1 cm³/mol. The number of rotatable bonds is 4. The van der Waals surface area contributed by atoms with Crippen molar-refractivity contribution in [1.29, 1.82) is 0 Å². The molecule has 1 saturated carbocycles. The maximum Gasteiger partial charge on any atom is 0.171 e. The third-order valence-corrected chi connectivity index (χ3v) is 2.49. The van der Waals surface area contributed by atoms with Crippen molar-refractivity contribution in [2.45, 2.75) is 19.3 Å². The predicted octanol–water partition coefficient (Wildman–Crippen LogP) is 2.91. The van der Waals surface area contributed by atoms with Crippen LogP contribution in [-0.2, 0) is 0 Å². The van der Waals surface area contributed by atoms with Crippen molar-refractivity contribution >= 4 is 11.6 Å². The maximum atomic E-state index is 5.82. The second kappa shape index (κ2) is 3.97. The molecule has 0 atom stereocenters. The zero-order chi connectivity index (χ0) is 9.10. The highest BCUT2D eigenvalue weighted by molar-refractivity contribution is 6.30. The monoisotopic (exact) mass is 197 g/mol. The van der Waals surface area contributed by atoms with Gasteiger partial charge in [0.1, 0.15) is 0 Å². The molecule has 0 bridgehead atoms. The first-order valence-electron chi connectivity index (χ1n) is 4.59. The van der Waals surface area contributed by atoms with Crippen LogP contribution in [0.3, 0.4) is 0 Å². The Morgan fingerprint density at radius 1 is 1.54 bits per heavy atom. The van der Waals surface area contributed by atoms with Gasteiger partial charge in [-0.3, -0.25) is 0 Å². The summed E-state index contributed by atoms with van der Waals surface area (Å²) >= 11 is 5.82. The molecule has 1 aliphatic carbocycles. The molecule has 3 heteroatoms. The summed E-state index contributed by atoms with van der Waals surface area (Å²) in [6.45, 7) is 0.760. The number of hydrogen-bond acceptors (Lipinski definition) is 2. The molecule has 1 aliphatic rings. The number of nitrogens with zero attached hydrogens (tertiary/aromatic N) is 1. The molecule has 0 saturated heterocycles. The summed E-state index contributed by atoms with van der Waals surface area (Å²) in [5.74, 6) is 1.60. The third kappa shape index (κ3) is 2.59. The molecule has 1 aromatic heterocycles. The number of ether oxygens (including phenoxy) is 1. The van der Waals surface area contributed by atoms with E-state index in [9.17, 15) is 0 Å². The van der Waals surface area contributed by atoms with Crippen LogP contribution >= 0.6 is 11.6 Å². The summed E-state index contributed by atoms with van der Waals surface area (Å²) in [4.78, 5) is 3.93. The van der Waals surface area contributed by atoms with Crippen molar-refractivity contribution in [2.75, 3.05) is 6.61 Å². The lowest BCUT2D eigenvalue weighted by molar-refractivity contribution is 0.301. The molecule has 13 heavy (non-hydrogen) atoms. The van der Waals surface area contributed by atoms with Crippen molar-refractivity contribution in [1.82, 2.24) is 4.98 Å². The van der Waals surface area contributed by atoms with Gasteiger partial charge in [-0.25, -0.2) is 4.98 Å². The minimum absolute atomic E-state index is 0.457. The fourth-order valence-corrected chi connectivity index (χ4v) is 1.39. The van der Waals surface area contributed by atoms with Gasteiger partial charge in [0.2, 0.25) is 0 Å². The van der Waals surface area contributed by atoms with Crippen molar-refractivity contribution in [3.63, 3.8) is 0 Å². The second-order valence-corrected chi connectivity index (χ2v) is 3.73. The van der Waals surface area contributed by atoms with Crippen LogP contribution < -0.4 is 4.74 Å². The van der Waals surface area contributed by atoms with E-state index in [0.717, 1.165) is 18.9 Å². The summed E-state index contributed by atoms with van der Waals surface area (Å²) < 4.78 is 5.49. The standard InChI is InChI=1S/C10H12ClNO/c11-10-9(2-1-6-12-10)13-7-5-8-3-4-8/h1-2,6,8H,3-5,7H2. The van der Waals surface area contributed by atoms with Crippen molar-refractivity contribution in [2.24, 2.45) is 5.92 Å². The van der Waals surface area contributed by atoms with Gasteiger partial charge in [-0.2, -0.15) is 0 Å². The highest BCUT2D eigenvalue weighted by Crippen LogP contribution is 2.32. The van der Waals surface area contributed by atoms with Crippen LogP contribution in [0.1, 0.15) is 19.3 Å². The van der Waals surface area contributed by atoms with E-state index in [1.807, 2.05) is 12.1 Å². The highest BCUT2D eigenvalue weighted by atomic mass is 35.5. The molecule has 2 nitrogen and oxygen atoms in total. The topological polar surface area (TPSA) is 22.1 Å². The van der Waals surface area contributed by atoms with Crippen molar-refractivity contribution in [3.05, 3.63) is 23.5 Å². The Kier molecular flexibility index (Phi) is 2.69. The summed E-state index contributed by atoms with van der Waals surface area (Å²) in [5, 5.41) is 0.457. The van der Waals surface area contributed by atoms with Crippen LogP contribution in [0.25, 0.3) is 0 Å². The zero-order valence-corrected chi connectivity index (χ0v) is 8.13. The zero-order valence-electron chi connectivity index (χ0n) is 7.37. The fraction of sp³-hybridized carbons (Fsp3) is 0.500. The average molecular weight is 198 g/mol. The molecule has 0 aliphatic heterocycles. The molecule has 0 radical (unpaired) electrons. The van der Waals surface area contributed by atoms with Gasteiger partial charge in [0.15, 0.2) is 10.9 Å². The molecule has 2 rings (SSSR count). The lowest BCUT2D eigenvalue weighted by atomic mass is 10.3. The Balaban J connectivity index is 1.82. The Morgan fingerprint density at radius 2 is 2.38 bits per heavy atom. The second-order valence-electron chi connectivity index (χ2n) is 3.37. The highest BCUT2D eigenvalue weighted by Gasteiger charge is 2.20. The van der Waals surface area contributed by atoms with E-state index in [1.54, 1.807) is 6.20 Å². The molecule has 0 unspecified atom stereocenters. The van der Waals surface area contributed by atoms with E-state index in [-0.39, 0.29) is 0 Å². The third-order valence-electron chi connectivity index (χ3n) is 2.21. The van der Waals surface area contributed by atoms with E-state index in [0.29, 0.717) is 10.9 Å². The van der Waals surface area contributed by atoms with Crippen LogP contribution in [-0.4, -0.2) is 11.6 Å².